The van der Waals surface area contributed by atoms with Crippen molar-refractivity contribution in [3.63, 3.8) is 0 Å². The van der Waals surface area contributed by atoms with Crippen molar-refractivity contribution < 1.29 is 9.26 Å². The highest BCUT2D eigenvalue weighted by atomic mass is 32.2. The average Bonchev–Trinajstić information content (AvgIpc) is 3.41. The molecule has 0 amide bonds. The van der Waals surface area contributed by atoms with Gasteiger partial charge in [-0.25, -0.2) is 0 Å². The lowest BCUT2D eigenvalue weighted by atomic mass is 10.1. The highest BCUT2D eigenvalue weighted by Gasteiger charge is 2.29. The van der Waals surface area contributed by atoms with Crippen LogP contribution in [-0.2, 0) is 12.2 Å². The number of benzene rings is 2. The van der Waals surface area contributed by atoms with E-state index in [1.165, 1.54) is 5.56 Å². The van der Waals surface area contributed by atoms with Crippen molar-refractivity contribution in [1.29, 1.82) is 0 Å². The molecule has 0 atom stereocenters. The van der Waals surface area contributed by atoms with Crippen LogP contribution in [0.4, 0.5) is 0 Å². The van der Waals surface area contributed by atoms with Crippen LogP contribution in [0.25, 0.3) is 5.69 Å². The molecule has 1 saturated carbocycles. The predicted molar refractivity (Wildman–Crippen MR) is 118 cm³/mol. The molecule has 0 spiro atoms. The third kappa shape index (κ3) is 4.64. The molecule has 0 aliphatic heterocycles. The van der Waals surface area contributed by atoms with E-state index < -0.39 is 0 Å². The van der Waals surface area contributed by atoms with Gasteiger partial charge in [0.1, 0.15) is 11.6 Å². The quantitative estimate of drug-likeness (QED) is 0.351. The number of rotatable bonds is 9. The first-order valence-corrected chi connectivity index (χ1v) is 11.5. The molecule has 2 aromatic carbocycles. The summed E-state index contributed by atoms with van der Waals surface area (Å²) in [6, 6.07) is 18.3. The summed E-state index contributed by atoms with van der Waals surface area (Å²) in [5, 5.41) is 13.9. The second-order valence-corrected chi connectivity index (χ2v) is 8.38. The standard InChI is InChI=1S/C23H23N5O2S/c1-2-29-19-12-10-18(11-13-19)28-21(14-16-6-4-3-5-7-16)25-26-23(28)31-15-20-24-22(30-27-20)17-8-9-17/h3-7,10-13,17H,2,8-9,14-15H2,1H3. The van der Waals surface area contributed by atoms with Gasteiger partial charge in [0, 0.05) is 18.0 Å². The molecule has 4 aromatic rings. The first-order valence-electron chi connectivity index (χ1n) is 10.5. The van der Waals surface area contributed by atoms with Crippen LogP contribution >= 0.6 is 11.8 Å². The molecule has 0 unspecified atom stereocenters. The molecular formula is C23H23N5O2S. The summed E-state index contributed by atoms with van der Waals surface area (Å²) in [7, 11) is 0. The fourth-order valence-electron chi connectivity index (χ4n) is 3.36. The molecule has 7 nitrogen and oxygen atoms in total. The van der Waals surface area contributed by atoms with Gasteiger partial charge in [0.2, 0.25) is 5.89 Å². The Kier molecular flexibility index (Phi) is 5.71. The fourth-order valence-corrected chi connectivity index (χ4v) is 4.17. The monoisotopic (exact) mass is 433 g/mol. The van der Waals surface area contributed by atoms with Gasteiger partial charge in [-0.05, 0) is 49.6 Å². The summed E-state index contributed by atoms with van der Waals surface area (Å²) in [5.74, 6) is 4.21. The van der Waals surface area contributed by atoms with Gasteiger partial charge in [-0.3, -0.25) is 4.57 Å². The van der Waals surface area contributed by atoms with Crippen molar-refractivity contribution in [3.05, 3.63) is 77.7 Å². The maximum Gasteiger partial charge on any atom is 0.229 e. The number of nitrogens with zero attached hydrogens (tertiary/aromatic N) is 5. The van der Waals surface area contributed by atoms with Gasteiger partial charge < -0.3 is 9.26 Å². The summed E-state index contributed by atoms with van der Waals surface area (Å²) >= 11 is 1.56. The number of hydrogen-bond donors (Lipinski definition) is 0. The maximum absolute atomic E-state index is 5.59. The van der Waals surface area contributed by atoms with Gasteiger partial charge in [0.25, 0.3) is 0 Å². The molecule has 1 aliphatic rings. The Bertz CT molecular complexity index is 1140. The lowest BCUT2D eigenvalue weighted by Crippen LogP contribution is -2.04. The molecule has 1 aliphatic carbocycles. The minimum absolute atomic E-state index is 0.455. The Labute approximate surface area is 184 Å². The van der Waals surface area contributed by atoms with Gasteiger partial charge in [0.15, 0.2) is 11.0 Å². The van der Waals surface area contributed by atoms with Crippen molar-refractivity contribution in [1.82, 2.24) is 24.9 Å². The molecule has 1 fully saturated rings. The fraction of sp³-hybridized carbons (Fsp3) is 0.304. The molecule has 2 heterocycles. The normalized spacial score (nSPS) is 13.5. The first kappa shape index (κ1) is 19.8. The zero-order valence-corrected chi connectivity index (χ0v) is 18.1. The average molecular weight is 434 g/mol. The van der Waals surface area contributed by atoms with Crippen molar-refractivity contribution in [2.45, 2.75) is 43.0 Å². The summed E-state index contributed by atoms with van der Waals surface area (Å²) in [4.78, 5) is 4.52. The zero-order valence-electron chi connectivity index (χ0n) is 17.3. The minimum Gasteiger partial charge on any atom is -0.494 e. The summed E-state index contributed by atoms with van der Waals surface area (Å²) in [6.07, 6.45) is 2.98. The second-order valence-electron chi connectivity index (χ2n) is 7.44. The Morgan fingerprint density at radius 1 is 1.06 bits per heavy atom. The van der Waals surface area contributed by atoms with Gasteiger partial charge in [-0.2, -0.15) is 4.98 Å². The van der Waals surface area contributed by atoms with Crippen LogP contribution in [0.5, 0.6) is 5.75 Å². The van der Waals surface area contributed by atoms with E-state index in [0.717, 1.165) is 41.2 Å². The van der Waals surface area contributed by atoms with Crippen LogP contribution < -0.4 is 4.74 Å². The van der Waals surface area contributed by atoms with Gasteiger partial charge in [-0.1, -0.05) is 47.3 Å². The molecule has 8 heteroatoms. The highest BCUT2D eigenvalue weighted by Crippen LogP contribution is 2.39. The van der Waals surface area contributed by atoms with E-state index in [2.05, 4.69) is 37.0 Å². The summed E-state index contributed by atoms with van der Waals surface area (Å²) in [5.41, 5.74) is 2.18. The van der Waals surface area contributed by atoms with Crippen molar-refractivity contribution >= 4 is 11.8 Å². The number of ether oxygens (including phenoxy) is 1. The van der Waals surface area contributed by atoms with E-state index in [4.69, 9.17) is 9.26 Å². The summed E-state index contributed by atoms with van der Waals surface area (Å²) in [6.45, 7) is 2.62. The van der Waals surface area contributed by atoms with Crippen molar-refractivity contribution in [2.24, 2.45) is 0 Å². The Hall–Kier alpha value is -3.13. The molecular weight excluding hydrogens is 410 g/mol. The number of hydrogen-bond acceptors (Lipinski definition) is 7. The van der Waals surface area contributed by atoms with Crippen molar-refractivity contribution in [2.75, 3.05) is 6.61 Å². The van der Waals surface area contributed by atoms with Crippen LogP contribution in [0.3, 0.4) is 0 Å². The van der Waals surface area contributed by atoms with Gasteiger partial charge in [-0.15, -0.1) is 10.2 Å². The lowest BCUT2D eigenvalue weighted by molar-refractivity contribution is 0.340. The largest absolute Gasteiger partial charge is 0.494 e. The van der Waals surface area contributed by atoms with Crippen LogP contribution in [0.15, 0.2) is 64.3 Å². The molecule has 2 aromatic heterocycles. The van der Waals surface area contributed by atoms with E-state index >= 15 is 0 Å². The Morgan fingerprint density at radius 2 is 1.87 bits per heavy atom. The van der Waals surface area contributed by atoms with Crippen LogP contribution in [0, 0.1) is 0 Å². The van der Waals surface area contributed by atoms with Crippen LogP contribution in [-0.4, -0.2) is 31.5 Å². The summed E-state index contributed by atoms with van der Waals surface area (Å²) < 4.78 is 13.1. The van der Waals surface area contributed by atoms with Gasteiger partial charge >= 0.3 is 0 Å². The molecule has 0 N–H and O–H groups in total. The number of thioether (sulfide) groups is 1. The Morgan fingerprint density at radius 3 is 2.61 bits per heavy atom. The smallest absolute Gasteiger partial charge is 0.229 e. The van der Waals surface area contributed by atoms with E-state index in [9.17, 15) is 0 Å². The topological polar surface area (TPSA) is 78.9 Å². The molecule has 0 radical (unpaired) electrons. The SMILES string of the molecule is CCOc1ccc(-n2c(Cc3ccccc3)nnc2SCc2noc(C3CC3)n2)cc1. The van der Waals surface area contributed by atoms with E-state index in [1.807, 2.05) is 49.4 Å². The van der Waals surface area contributed by atoms with E-state index in [1.54, 1.807) is 11.8 Å². The third-order valence-corrected chi connectivity index (χ3v) is 5.98. The molecule has 0 saturated heterocycles. The second kappa shape index (κ2) is 8.93. The molecule has 158 valence electrons. The van der Waals surface area contributed by atoms with Gasteiger partial charge in [0.05, 0.1) is 12.4 Å². The zero-order chi connectivity index (χ0) is 21.0. The highest BCUT2D eigenvalue weighted by molar-refractivity contribution is 7.98. The molecule has 0 bridgehead atoms. The lowest BCUT2D eigenvalue weighted by Gasteiger charge is -2.11. The number of aromatic nitrogens is 5. The molecule has 5 rings (SSSR count). The van der Waals surface area contributed by atoms with Crippen LogP contribution in [0.1, 0.15) is 48.8 Å². The molecule has 31 heavy (non-hydrogen) atoms. The van der Waals surface area contributed by atoms with Crippen molar-refractivity contribution in [3.8, 4) is 11.4 Å². The van der Waals surface area contributed by atoms with E-state index in [0.29, 0.717) is 30.5 Å². The van der Waals surface area contributed by atoms with E-state index in [-0.39, 0.29) is 0 Å². The first-order chi connectivity index (χ1) is 15.3. The maximum atomic E-state index is 5.59. The Balaban J connectivity index is 1.41. The minimum atomic E-state index is 0.455. The van der Waals surface area contributed by atoms with Crippen LogP contribution in [0.2, 0.25) is 0 Å². The predicted octanol–water partition coefficient (Wildman–Crippen LogP) is 4.81. The third-order valence-electron chi connectivity index (χ3n) is 5.05.